The van der Waals surface area contributed by atoms with Gasteiger partial charge in [-0.25, -0.2) is 22.3 Å². The number of amides is 1. The Morgan fingerprint density at radius 1 is 1.15 bits per heavy atom. The molecule has 2 N–H and O–H groups in total. The molecule has 0 fully saturated rings. The van der Waals surface area contributed by atoms with Crippen molar-refractivity contribution in [2.24, 2.45) is 0 Å². The maximum Gasteiger partial charge on any atom is 0.411 e. The maximum absolute atomic E-state index is 14.8. The van der Waals surface area contributed by atoms with E-state index in [0.29, 0.717) is 26.1 Å². The molecule has 0 radical (unpaired) electrons. The summed E-state index contributed by atoms with van der Waals surface area (Å²) in [5.41, 5.74) is 2.21. The van der Waals surface area contributed by atoms with Gasteiger partial charge in [0.05, 0.1) is 23.5 Å². The number of halogens is 3. The van der Waals surface area contributed by atoms with E-state index >= 15 is 0 Å². The third-order valence-corrected chi connectivity index (χ3v) is 8.09. The second-order valence-electron chi connectivity index (χ2n) is 8.59. The minimum atomic E-state index is -3.80. The first-order chi connectivity index (χ1) is 18.7. The van der Waals surface area contributed by atoms with Crippen LogP contribution in [0.25, 0.3) is 10.9 Å². The number of aromatic amines is 1. The number of H-pyrrole nitrogens is 1. The van der Waals surface area contributed by atoms with Gasteiger partial charge in [-0.05, 0) is 53.9 Å². The van der Waals surface area contributed by atoms with Gasteiger partial charge in [0.15, 0.2) is 0 Å². The van der Waals surface area contributed by atoms with Crippen LogP contribution in [0.3, 0.4) is 0 Å². The maximum atomic E-state index is 14.8. The third-order valence-electron chi connectivity index (χ3n) is 5.91. The number of rotatable bonds is 10. The molecule has 0 aliphatic rings. The molecule has 4 rings (SSSR count). The van der Waals surface area contributed by atoms with E-state index in [1.165, 1.54) is 35.2 Å². The molecular weight excluding hydrogens is 609 g/mol. The number of aromatic nitrogens is 1. The molecule has 39 heavy (non-hydrogen) atoms. The highest BCUT2D eigenvalue weighted by molar-refractivity contribution is 9.10. The molecule has 0 atom stereocenters. The molecule has 0 saturated carbocycles. The quantitative estimate of drug-likeness (QED) is 0.209. The number of fused-ring (bicyclic) bond motifs is 1. The van der Waals surface area contributed by atoms with Crippen LogP contribution in [0.2, 0.25) is 5.02 Å². The lowest BCUT2D eigenvalue weighted by Crippen LogP contribution is -2.32. The molecule has 0 unspecified atom stereocenters. The van der Waals surface area contributed by atoms with Crippen LogP contribution in [0.5, 0.6) is 0 Å². The van der Waals surface area contributed by atoms with Crippen LogP contribution in [0.4, 0.5) is 9.18 Å². The van der Waals surface area contributed by atoms with E-state index in [9.17, 15) is 17.6 Å². The smallest absolute Gasteiger partial charge is 0.411 e. The average Bonchev–Trinajstić information content (AvgIpc) is 3.25. The Balaban J connectivity index is 1.57. The van der Waals surface area contributed by atoms with Crippen LogP contribution in [0, 0.1) is 18.2 Å². The molecule has 1 aromatic heterocycles. The van der Waals surface area contributed by atoms with Gasteiger partial charge >= 0.3 is 6.09 Å². The van der Waals surface area contributed by atoms with E-state index in [4.69, 9.17) is 22.8 Å². The van der Waals surface area contributed by atoms with Crippen LogP contribution in [-0.2, 0) is 34.3 Å². The van der Waals surface area contributed by atoms with Gasteiger partial charge in [0, 0.05) is 27.1 Å². The van der Waals surface area contributed by atoms with Crippen molar-refractivity contribution in [1.29, 1.82) is 0 Å². The summed E-state index contributed by atoms with van der Waals surface area (Å²) < 4.78 is 48.9. The Labute approximate surface area is 239 Å². The van der Waals surface area contributed by atoms with Crippen LogP contribution in [0.1, 0.15) is 16.8 Å². The Kier molecular flexibility index (Phi) is 9.30. The predicted octanol–water partition coefficient (Wildman–Crippen LogP) is 6.02. The minimum Gasteiger partial charge on any atom is -0.445 e. The van der Waals surface area contributed by atoms with E-state index in [1.54, 1.807) is 6.07 Å². The van der Waals surface area contributed by atoms with Crippen LogP contribution >= 0.6 is 27.5 Å². The largest absolute Gasteiger partial charge is 0.445 e. The van der Waals surface area contributed by atoms with E-state index in [2.05, 4.69) is 31.6 Å². The number of benzene rings is 3. The van der Waals surface area contributed by atoms with Crippen molar-refractivity contribution in [2.75, 3.05) is 13.1 Å². The van der Waals surface area contributed by atoms with Gasteiger partial charge in [-0.3, -0.25) is 4.90 Å². The number of carbonyl (C=O) groups excluding carboxylic acids is 1. The highest BCUT2D eigenvalue weighted by Crippen LogP contribution is 2.30. The monoisotopic (exact) mass is 631 g/mol. The number of terminal acetylenes is 1. The first kappa shape index (κ1) is 28.6. The summed E-state index contributed by atoms with van der Waals surface area (Å²) in [5, 5.41) is 0.977. The molecular formula is C28H24BrClFN3O4S. The number of carbonyl (C=O) groups is 1. The average molecular weight is 633 g/mol. The molecule has 3 aromatic carbocycles. The molecule has 4 aromatic rings. The minimum absolute atomic E-state index is 0.00281. The molecule has 1 heterocycles. The molecule has 0 saturated heterocycles. The number of nitrogens with one attached hydrogen (secondary N) is 2. The SMILES string of the molecule is C#CCN(Cc1[nH]c2c(F)cc(Br)cc2c1CCNS(=O)(=O)c1ccc(Cl)cc1)C(=O)OCc1ccccc1. The lowest BCUT2D eigenvalue weighted by atomic mass is 10.1. The van der Waals surface area contributed by atoms with Crippen molar-refractivity contribution < 1.29 is 22.3 Å². The van der Waals surface area contributed by atoms with E-state index in [0.717, 1.165) is 5.56 Å². The second-order valence-corrected chi connectivity index (χ2v) is 11.7. The van der Waals surface area contributed by atoms with Gasteiger partial charge in [-0.1, -0.05) is 63.8 Å². The summed E-state index contributed by atoms with van der Waals surface area (Å²) in [6.07, 6.45) is 5.09. The number of hydrogen-bond donors (Lipinski definition) is 2. The fourth-order valence-electron chi connectivity index (χ4n) is 4.05. The van der Waals surface area contributed by atoms with Gasteiger partial charge < -0.3 is 9.72 Å². The zero-order valence-corrected chi connectivity index (χ0v) is 23.7. The Morgan fingerprint density at radius 2 is 1.87 bits per heavy atom. The van der Waals surface area contributed by atoms with E-state index in [-0.39, 0.29) is 43.1 Å². The van der Waals surface area contributed by atoms with Crippen molar-refractivity contribution in [3.05, 3.63) is 98.9 Å². The van der Waals surface area contributed by atoms with Crippen LogP contribution < -0.4 is 4.72 Å². The predicted molar refractivity (Wildman–Crippen MR) is 152 cm³/mol. The highest BCUT2D eigenvalue weighted by atomic mass is 79.9. The summed E-state index contributed by atoms with van der Waals surface area (Å²) >= 11 is 9.18. The first-order valence-electron chi connectivity index (χ1n) is 11.8. The fraction of sp³-hybridized carbons (Fsp3) is 0.179. The molecule has 0 bridgehead atoms. The Bertz CT molecular complexity index is 1620. The van der Waals surface area contributed by atoms with Gasteiger partial charge in [-0.15, -0.1) is 6.42 Å². The van der Waals surface area contributed by atoms with Crippen molar-refractivity contribution >= 4 is 54.6 Å². The number of nitrogens with zero attached hydrogens (tertiary/aromatic N) is 1. The number of hydrogen-bond acceptors (Lipinski definition) is 4. The van der Waals surface area contributed by atoms with Gasteiger partial charge in [0.1, 0.15) is 12.4 Å². The fourth-order valence-corrected chi connectivity index (χ4v) is 5.64. The zero-order valence-electron chi connectivity index (χ0n) is 20.6. The van der Waals surface area contributed by atoms with Crippen LogP contribution in [0.15, 0.2) is 76.1 Å². The summed E-state index contributed by atoms with van der Waals surface area (Å²) in [4.78, 5) is 17.3. The molecule has 11 heteroatoms. The first-order valence-corrected chi connectivity index (χ1v) is 14.5. The van der Waals surface area contributed by atoms with Crippen molar-refractivity contribution in [1.82, 2.24) is 14.6 Å². The standard InChI is InChI=1S/C28H24BrClFN3O4S/c1-2-14-34(28(35)38-18-19-6-4-3-5-7-19)17-26-23(24-15-20(29)16-25(31)27(24)33-26)12-13-32-39(36,37)22-10-8-21(30)9-11-22/h1,3-11,15-16,32-33H,12-14,17-18H2. The normalized spacial score (nSPS) is 11.3. The summed E-state index contributed by atoms with van der Waals surface area (Å²) in [7, 11) is -3.80. The lowest BCUT2D eigenvalue weighted by Gasteiger charge is -2.20. The topological polar surface area (TPSA) is 91.5 Å². The molecule has 0 spiro atoms. The Hall–Kier alpha value is -3.36. The molecule has 202 valence electrons. The number of sulfonamides is 1. The number of ether oxygens (including phenoxy) is 1. The van der Waals surface area contributed by atoms with Gasteiger partial charge in [-0.2, -0.15) is 0 Å². The molecule has 1 amide bonds. The summed E-state index contributed by atoms with van der Waals surface area (Å²) in [6.45, 7) is 0.0433. The van der Waals surface area contributed by atoms with Gasteiger partial charge in [0.2, 0.25) is 10.0 Å². The van der Waals surface area contributed by atoms with Crippen molar-refractivity contribution in [2.45, 2.75) is 24.5 Å². The zero-order chi connectivity index (χ0) is 28.0. The van der Waals surface area contributed by atoms with Crippen LogP contribution in [-0.4, -0.2) is 37.5 Å². The summed E-state index contributed by atoms with van der Waals surface area (Å²) in [5.74, 6) is 1.96. The van der Waals surface area contributed by atoms with Gasteiger partial charge in [0.25, 0.3) is 0 Å². The van der Waals surface area contributed by atoms with E-state index < -0.39 is 21.9 Å². The Morgan fingerprint density at radius 3 is 2.56 bits per heavy atom. The molecule has 0 aliphatic carbocycles. The highest BCUT2D eigenvalue weighted by Gasteiger charge is 2.22. The molecule has 0 aliphatic heterocycles. The molecule has 7 nitrogen and oxygen atoms in total. The lowest BCUT2D eigenvalue weighted by molar-refractivity contribution is 0.0980. The second kappa shape index (κ2) is 12.7. The van der Waals surface area contributed by atoms with Crippen molar-refractivity contribution in [3.63, 3.8) is 0 Å². The van der Waals surface area contributed by atoms with E-state index in [1.807, 2.05) is 30.3 Å². The summed E-state index contributed by atoms with van der Waals surface area (Å²) in [6, 6.07) is 18.1. The third kappa shape index (κ3) is 7.19. The van der Waals surface area contributed by atoms with Crippen molar-refractivity contribution in [3.8, 4) is 12.3 Å².